The molecule has 0 aliphatic carbocycles. The minimum atomic E-state index is 0.631. The maximum atomic E-state index is 3.61. The summed E-state index contributed by atoms with van der Waals surface area (Å²) in [5.74, 6) is 2.11. The second kappa shape index (κ2) is 6.44. The monoisotopic (exact) mass is 282 g/mol. The number of alkyl halides is 1. The van der Waals surface area contributed by atoms with Crippen LogP contribution in [0.2, 0.25) is 0 Å². The number of hydrogen-bond acceptors (Lipinski definition) is 0. The Hall–Kier alpha value is -0.300. The molecule has 0 aromatic heterocycles. The van der Waals surface area contributed by atoms with Crippen LogP contribution in [0.15, 0.2) is 24.3 Å². The summed E-state index contributed by atoms with van der Waals surface area (Å²) in [5.41, 5.74) is 2.89. The van der Waals surface area contributed by atoms with Crippen molar-refractivity contribution in [2.75, 3.05) is 5.33 Å². The highest BCUT2D eigenvalue weighted by Gasteiger charge is 2.12. The van der Waals surface area contributed by atoms with E-state index < -0.39 is 0 Å². The molecule has 0 nitrogen and oxygen atoms in total. The number of rotatable bonds is 5. The van der Waals surface area contributed by atoms with E-state index in [-0.39, 0.29) is 0 Å². The van der Waals surface area contributed by atoms with Crippen LogP contribution in [0, 0.1) is 11.8 Å². The van der Waals surface area contributed by atoms with Crippen LogP contribution >= 0.6 is 15.9 Å². The van der Waals surface area contributed by atoms with E-state index in [1.807, 2.05) is 0 Å². The summed E-state index contributed by atoms with van der Waals surface area (Å²) in [4.78, 5) is 0. The first-order valence-corrected chi connectivity index (χ1v) is 7.31. The summed E-state index contributed by atoms with van der Waals surface area (Å²) < 4.78 is 0. The summed E-state index contributed by atoms with van der Waals surface area (Å²) in [6.45, 7) is 9.08. The first-order valence-electron chi connectivity index (χ1n) is 6.19. The minimum absolute atomic E-state index is 0.631. The lowest BCUT2D eigenvalue weighted by Gasteiger charge is -2.18. The van der Waals surface area contributed by atoms with E-state index >= 15 is 0 Å². The van der Waals surface area contributed by atoms with Gasteiger partial charge in [-0.1, -0.05) is 67.9 Å². The second-order valence-electron chi connectivity index (χ2n) is 5.26. The SMILES string of the molecule is CC(C)c1ccc(CC(CBr)C(C)C)cc1. The van der Waals surface area contributed by atoms with Gasteiger partial charge < -0.3 is 0 Å². The first kappa shape index (κ1) is 13.8. The molecule has 0 spiro atoms. The molecule has 90 valence electrons. The fourth-order valence-corrected chi connectivity index (χ4v) is 2.79. The molecule has 0 saturated carbocycles. The van der Waals surface area contributed by atoms with Crippen molar-refractivity contribution in [3.63, 3.8) is 0 Å². The molecule has 0 N–H and O–H groups in total. The van der Waals surface area contributed by atoms with E-state index in [1.165, 1.54) is 17.5 Å². The molecule has 1 unspecified atom stereocenters. The lowest BCUT2D eigenvalue weighted by atomic mass is 9.90. The Kier molecular flexibility index (Phi) is 5.54. The van der Waals surface area contributed by atoms with Crippen molar-refractivity contribution in [3.8, 4) is 0 Å². The third-order valence-electron chi connectivity index (χ3n) is 3.29. The molecular weight excluding hydrogens is 260 g/mol. The quantitative estimate of drug-likeness (QED) is 0.666. The van der Waals surface area contributed by atoms with Crippen molar-refractivity contribution in [1.82, 2.24) is 0 Å². The lowest BCUT2D eigenvalue weighted by Crippen LogP contribution is -2.13. The summed E-state index contributed by atoms with van der Waals surface area (Å²) >= 11 is 3.61. The zero-order valence-electron chi connectivity index (χ0n) is 10.8. The minimum Gasteiger partial charge on any atom is -0.0925 e. The zero-order valence-corrected chi connectivity index (χ0v) is 12.4. The number of halogens is 1. The van der Waals surface area contributed by atoms with Crippen molar-refractivity contribution >= 4 is 15.9 Å². The molecule has 16 heavy (non-hydrogen) atoms. The van der Waals surface area contributed by atoms with Gasteiger partial charge >= 0.3 is 0 Å². The van der Waals surface area contributed by atoms with E-state index in [1.54, 1.807) is 0 Å². The second-order valence-corrected chi connectivity index (χ2v) is 5.91. The third kappa shape index (κ3) is 3.93. The Morgan fingerprint density at radius 2 is 1.56 bits per heavy atom. The average molecular weight is 283 g/mol. The van der Waals surface area contributed by atoms with Crippen molar-refractivity contribution in [3.05, 3.63) is 35.4 Å². The Bertz CT molecular complexity index is 298. The topological polar surface area (TPSA) is 0 Å². The van der Waals surface area contributed by atoms with Crippen LogP contribution in [0.4, 0.5) is 0 Å². The van der Waals surface area contributed by atoms with Gasteiger partial charge in [0.25, 0.3) is 0 Å². The Morgan fingerprint density at radius 1 is 1.00 bits per heavy atom. The first-order chi connectivity index (χ1) is 7.54. The Morgan fingerprint density at radius 3 is 1.94 bits per heavy atom. The molecule has 0 heterocycles. The maximum Gasteiger partial charge on any atom is 0.00652 e. The van der Waals surface area contributed by atoms with Gasteiger partial charge in [-0.3, -0.25) is 0 Å². The molecule has 1 rings (SSSR count). The van der Waals surface area contributed by atoms with Crippen LogP contribution in [0.1, 0.15) is 44.7 Å². The average Bonchev–Trinajstić information content (AvgIpc) is 2.26. The van der Waals surface area contributed by atoms with Gasteiger partial charge in [0.15, 0.2) is 0 Å². The van der Waals surface area contributed by atoms with E-state index in [4.69, 9.17) is 0 Å². The van der Waals surface area contributed by atoms with Gasteiger partial charge in [0.05, 0.1) is 0 Å². The zero-order chi connectivity index (χ0) is 12.1. The van der Waals surface area contributed by atoms with Crippen molar-refractivity contribution < 1.29 is 0 Å². The highest BCUT2D eigenvalue weighted by Crippen LogP contribution is 2.21. The van der Waals surface area contributed by atoms with Gasteiger partial charge in [-0.15, -0.1) is 0 Å². The van der Waals surface area contributed by atoms with Gasteiger partial charge in [0.1, 0.15) is 0 Å². The lowest BCUT2D eigenvalue weighted by molar-refractivity contribution is 0.427. The van der Waals surface area contributed by atoms with Crippen LogP contribution in [-0.4, -0.2) is 5.33 Å². The van der Waals surface area contributed by atoms with Crippen LogP contribution < -0.4 is 0 Å². The highest BCUT2D eigenvalue weighted by molar-refractivity contribution is 9.09. The van der Waals surface area contributed by atoms with Crippen LogP contribution in [0.5, 0.6) is 0 Å². The molecular formula is C15H23Br. The van der Waals surface area contributed by atoms with E-state index in [0.717, 1.165) is 17.2 Å². The molecule has 0 bridgehead atoms. The third-order valence-corrected chi connectivity index (χ3v) is 4.12. The Balaban J connectivity index is 2.67. The predicted molar refractivity (Wildman–Crippen MR) is 76.4 cm³/mol. The summed E-state index contributed by atoms with van der Waals surface area (Å²) in [6.07, 6.45) is 1.18. The number of benzene rings is 1. The molecule has 0 amide bonds. The summed E-state index contributed by atoms with van der Waals surface area (Å²) in [5, 5.41) is 1.09. The van der Waals surface area contributed by atoms with Crippen LogP contribution in [0.3, 0.4) is 0 Å². The van der Waals surface area contributed by atoms with Crippen LogP contribution in [0.25, 0.3) is 0 Å². The fourth-order valence-electron chi connectivity index (χ4n) is 1.81. The van der Waals surface area contributed by atoms with Gasteiger partial charge in [-0.05, 0) is 35.3 Å². The smallest absolute Gasteiger partial charge is 0.00652 e. The van der Waals surface area contributed by atoms with Gasteiger partial charge in [-0.2, -0.15) is 0 Å². The summed E-state index contributed by atoms with van der Waals surface area (Å²) in [7, 11) is 0. The van der Waals surface area contributed by atoms with Crippen LogP contribution in [-0.2, 0) is 6.42 Å². The Labute approximate surface area is 109 Å². The van der Waals surface area contributed by atoms with Crippen molar-refractivity contribution in [2.24, 2.45) is 11.8 Å². The molecule has 1 heteroatoms. The standard InChI is InChI=1S/C15H23Br/c1-11(2)14-7-5-13(6-8-14)9-15(10-16)12(3)4/h5-8,11-12,15H,9-10H2,1-4H3. The molecule has 0 radical (unpaired) electrons. The van der Waals surface area contributed by atoms with E-state index in [2.05, 4.69) is 67.9 Å². The van der Waals surface area contributed by atoms with Gasteiger partial charge in [0.2, 0.25) is 0 Å². The molecule has 0 aliphatic rings. The molecule has 0 aliphatic heterocycles. The molecule has 0 saturated heterocycles. The van der Waals surface area contributed by atoms with E-state index in [9.17, 15) is 0 Å². The molecule has 1 aromatic rings. The molecule has 1 atom stereocenters. The van der Waals surface area contributed by atoms with Crippen molar-refractivity contribution in [1.29, 1.82) is 0 Å². The fraction of sp³-hybridized carbons (Fsp3) is 0.600. The predicted octanol–water partition coefficient (Wildman–Crippen LogP) is 5.02. The molecule has 1 aromatic carbocycles. The summed E-state index contributed by atoms with van der Waals surface area (Å²) in [6, 6.07) is 9.11. The normalized spacial score (nSPS) is 13.4. The highest BCUT2D eigenvalue weighted by atomic mass is 79.9. The largest absolute Gasteiger partial charge is 0.0925 e. The van der Waals surface area contributed by atoms with Crippen molar-refractivity contribution in [2.45, 2.75) is 40.0 Å². The van der Waals surface area contributed by atoms with Gasteiger partial charge in [-0.25, -0.2) is 0 Å². The van der Waals surface area contributed by atoms with Gasteiger partial charge in [0, 0.05) is 5.33 Å². The number of hydrogen-bond donors (Lipinski definition) is 0. The van der Waals surface area contributed by atoms with E-state index in [0.29, 0.717) is 5.92 Å². The maximum absolute atomic E-state index is 3.61. The molecule has 0 fully saturated rings.